The van der Waals surface area contributed by atoms with Crippen LogP contribution in [0.2, 0.25) is 5.02 Å². The van der Waals surface area contributed by atoms with Gasteiger partial charge in [0.15, 0.2) is 0 Å². The molecule has 0 radical (unpaired) electrons. The van der Waals surface area contributed by atoms with Crippen LogP contribution in [0.4, 0.5) is 0 Å². The van der Waals surface area contributed by atoms with Crippen LogP contribution >= 0.6 is 11.6 Å². The zero-order chi connectivity index (χ0) is 15.6. The molecule has 1 heterocycles. The first-order chi connectivity index (χ1) is 9.77. The summed E-state index contributed by atoms with van der Waals surface area (Å²) in [4.78, 5) is 14.3. The van der Waals surface area contributed by atoms with Gasteiger partial charge in [0.25, 0.3) is 0 Å². The molecule has 4 nitrogen and oxygen atoms in total. The van der Waals surface area contributed by atoms with E-state index in [0.717, 1.165) is 5.56 Å². The van der Waals surface area contributed by atoms with Gasteiger partial charge in [-0.3, -0.25) is 4.79 Å². The zero-order valence-electron chi connectivity index (χ0n) is 12.5. The Balaban J connectivity index is 2.06. The molecule has 2 N–H and O–H groups in total. The van der Waals surface area contributed by atoms with Crippen molar-refractivity contribution in [3.8, 4) is 5.75 Å². The van der Waals surface area contributed by atoms with E-state index in [-0.39, 0.29) is 34.6 Å². The lowest BCUT2D eigenvalue weighted by molar-refractivity contribution is -0.131. The molecule has 5 heteroatoms. The van der Waals surface area contributed by atoms with E-state index in [1.54, 1.807) is 12.1 Å². The third-order valence-corrected chi connectivity index (χ3v) is 4.16. The number of aliphatic hydroxyl groups is 1. The molecular weight excluding hydrogens is 290 g/mol. The van der Waals surface area contributed by atoms with E-state index >= 15 is 0 Å². The van der Waals surface area contributed by atoms with Crippen LogP contribution in [0.5, 0.6) is 5.75 Å². The number of aromatic hydroxyl groups is 1. The molecule has 0 aromatic heterocycles. The monoisotopic (exact) mass is 311 g/mol. The summed E-state index contributed by atoms with van der Waals surface area (Å²) in [7, 11) is 0. The Hall–Kier alpha value is -1.26. The standard InChI is InChI=1S/C16H22ClNO3/c1-16(2)9-12(19)5-6-18(10-16)15(21)8-11-3-4-14(20)13(17)7-11/h3-4,7,12,19-20H,5-6,8-10H2,1-2H3/t12-/m1/s1. The van der Waals surface area contributed by atoms with Gasteiger partial charge in [-0.2, -0.15) is 0 Å². The van der Waals surface area contributed by atoms with Crippen molar-refractivity contribution in [2.24, 2.45) is 5.41 Å². The van der Waals surface area contributed by atoms with Crippen molar-refractivity contribution in [2.75, 3.05) is 13.1 Å². The highest BCUT2D eigenvalue weighted by Crippen LogP contribution is 2.29. The lowest BCUT2D eigenvalue weighted by Gasteiger charge is -2.29. The van der Waals surface area contributed by atoms with Crippen molar-refractivity contribution in [1.82, 2.24) is 4.90 Å². The van der Waals surface area contributed by atoms with Crippen LogP contribution in [0.15, 0.2) is 18.2 Å². The lowest BCUT2D eigenvalue weighted by atomic mass is 9.87. The first-order valence-corrected chi connectivity index (χ1v) is 7.58. The summed E-state index contributed by atoms with van der Waals surface area (Å²) in [6.07, 6.45) is 1.24. The molecule has 1 atom stereocenters. The van der Waals surface area contributed by atoms with Gasteiger partial charge in [0.2, 0.25) is 5.91 Å². The Labute approximate surface area is 130 Å². The van der Waals surface area contributed by atoms with Crippen LogP contribution in [-0.2, 0) is 11.2 Å². The highest BCUT2D eigenvalue weighted by molar-refractivity contribution is 6.32. The van der Waals surface area contributed by atoms with E-state index in [9.17, 15) is 15.0 Å². The first-order valence-electron chi connectivity index (χ1n) is 7.20. The predicted molar refractivity (Wildman–Crippen MR) is 82.4 cm³/mol. The van der Waals surface area contributed by atoms with Crippen molar-refractivity contribution in [3.63, 3.8) is 0 Å². The molecule has 1 aliphatic heterocycles. The third kappa shape index (κ3) is 4.35. The zero-order valence-corrected chi connectivity index (χ0v) is 13.2. The minimum absolute atomic E-state index is 0.0203. The molecular formula is C16H22ClNO3. The van der Waals surface area contributed by atoms with Crippen LogP contribution < -0.4 is 0 Å². The van der Waals surface area contributed by atoms with Crippen molar-refractivity contribution in [3.05, 3.63) is 28.8 Å². The average Bonchev–Trinajstić information content (AvgIpc) is 2.51. The Morgan fingerprint density at radius 3 is 2.86 bits per heavy atom. The number of hydrogen-bond acceptors (Lipinski definition) is 3. The molecule has 21 heavy (non-hydrogen) atoms. The van der Waals surface area contributed by atoms with Crippen molar-refractivity contribution < 1.29 is 15.0 Å². The van der Waals surface area contributed by atoms with Crippen LogP contribution in [0.1, 0.15) is 32.3 Å². The number of carbonyl (C=O) groups is 1. The largest absolute Gasteiger partial charge is 0.506 e. The number of rotatable bonds is 2. The van der Waals surface area contributed by atoms with E-state index < -0.39 is 0 Å². The summed E-state index contributed by atoms with van der Waals surface area (Å²) >= 11 is 5.87. The predicted octanol–water partition coefficient (Wildman–Crippen LogP) is 2.60. The molecule has 2 rings (SSSR count). The SMILES string of the molecule is CC1(C)C[C@H](O)CCN(C(=O)Cc2ccc(O)c(Cl)c2)C1. The number of likely N-dealkylation sites (tertiary alicyclic amines) is 1. The molecule has 0 bridgehead atoms. The van der Waals surface area contributed by atoms with Crippen LogP contribution in [0, 0.1) is 5.41 Å². The van der Waals surface area contributed by atoms with Gasteiger partial charge in [0.05, 0.1) is 17.5 Å². The highest BCUT2D eigenvalue weighted by Gasteiger charge is 2.31. The minimum Gasteiger partial charge on any atom is -0.506 e. The van der Waals surface area contributed by atoms with Crippen molar-refractivity contribution in [2.45, 2.75) is 39.2 Å². The maximum atomic E-state index is 12.4. The normalized spacial score (nSPS) is 21.9. The van der Waals surface area contributed by atoms with Gasteiger partial charge >= 0.3 is 0 Å². The Kier molecular flexibility index (Phi) is 4.79. The number of halogens is 1. The third-order valence-electron chi connectivity index (χ3n) is 3.86. The number of hydrogen-bond donors (Lipinski definition) is 2. The maximum absolute atomic E-state index is 12.4. The molecule has 1 saturated heterocycles. The van der Waals surface area contributed by atoms with Gasteiger partial charge in [0.1, 0.15) is 5.75 Å². The van der Waals surface area contributed by atoms with Crippen LogP contribution in [0.25, 0.3) is 0 Å². The fourth-order valence-electron chi connectivity index (χ4n) is 2.86. The number of carbonyl (C=O) groups excluding carboxylic acids is 1. The second-order valence-corrected chi connectivity index (χ2v) is 7.00. The van der Waals surface area contributed by atoms with E-state index in [1.165, 1.54) is 6.07 Å². The van der Waals surface area contributed by atoms with Gasteiger partial charge in [-0.1, -0.05) is 31.5 Å². The molecule has 0 aliphatic carbocycles. The summed E-state index contributed by atoms with van der Waals surface area (Å²) in [6, 6.07) is 4.82. The Morgan fingerprint density at radius 1 is 1.48 bits per heavy atom. The first kappa shape index (κ1) is 16.1. The summed E-state index contributed by atoms with van der Waals surface area (Å²) < 4.78 is 0. The van der Waals surface area contributed by atoms with Crippen LogP contribution in [-0.4, -0.2) is 40.2 Å². The summed E-state index contributed by atoms with van der Waals surface area (Å²) in [5.41, 5.74) is 0.698. The Morgan fingerprint density at radius 2 is 2.19 bits per heavy atom. The number of benzene rings is 1. The Bertz CT molecular complexity index is 530. The van der Waals surface area contributed by atoms with E-state index in [2.05, 4.69) is 13.8 Å². The van der Waals surface area contributed by atoms with E-state index in [4.69, 9.17) is 11.6 Å². The number of phenols is 1. The molecule has 1 fully saturated rings. The molecule has 0 unspecified atom stereocenters. The minimum atomic E-state index is -0.346. The summed E-state index contributed by atoms with van der Waals surface area (Å²) in [5, 5.41) is 19.6. The fraction of sp³-hybridized carbons (Fsp3) is 0.562. The lowest BCUT2D eigenvalue weighted by Crippen LogP contribution is -2.38. The molecule has 0 saturated carbocycles. The van der Waals surface area contributed by atoms with Gasteiger partial charge in [-0.15, -0.1) is 0 Å². The highest BCUT2D eigenvalue weighted by atomic mass is 35.5. The molecule has 1 aromatic rings. The smallest absolute Gasteiger partial charge is 0.227 e. The van der Waals surface area contributed by atoms with Gasteiger partial charge in [-0.25, -0.2) is 0 Å². The number of aliphatic hydroxyl groups excluding tert-OH is 1. The maximum Gasteiger partial charge on any atom is 0.227 e. The fourth-order valence-corrected chi connectivity index (χ4v) is 3.07. The van der Waals surface area contributed by atoms with Crippen molar-refractivity contribution in [1.29, 1.82) is 0 Å². The number of nitrogens with zero attached hydrogens (tertiary/aromatic N) is 1. The quantitative estimate of drug-likeness (QED) is 0.882. The molecule has 1 aromatic carbocycles. The second kappa shape index (κ2) is 6.24. The average molecular weight is 312 g/mol. The molecule has 1 amide bonds. The molecule has 1 aliphatic rings. The number of phenolic OH excluding ortho intramolecular Hbond substituents is 1. The topological polar surface area (TPSA) is 60.8 Å². The van der Waals surface area contributed by atoms with Crippen LogP contribution in [0.3, 0.4) is 0 Å². The number of amides is 1. The van der Waals surface area contributed by atoms with Gasteiger partial charge in [-0.05, 0) is 36.0 Å². The molecule has 0 spiro atoms. The van der Waals surface area contributed by atoms with Crippen molar-refractivity contribution >= 4 is 17.5 Å². The molecule has 116 valence electrons. The summed E-state index contributed by atoms with van der Waals surface area (Å²) in [5.74, 6) is 0.0471. The van der Waals surface area contributed by atoms with E-state index in [1.807, 2.05) is 4.90 Å². The summed E-state index contributed by atoms with van der Waals surface area (Å²) in [6.45, 7) is 5.36. The van der Waals surface area contributed by atoms with Gasteiger partial charge in [0, 0.05) is 13.1 Å². The second-order valence-electron chi connectivity index (χ2n) is 6.59. The van der Waals surface area contributed by atoms with E-state index in [0.29, 0.717) is 25.9 Å². The van der Waals surface area contributed by atoms with Gasteiger partial charge < -0.3 is 15.1 Å².